The van der Waals surface area contributed by atoms with Crippen LogP contribution in [0.4, 0.5) is 8.78 Å². The average Bonchev–Trinajstić information content (AvgIpc) is 3.14. The van der Waals surface area contributed by atoms with E-state index in [0.29, 0.717) is 11.0 Å². The maximum atomic E-state index is 13.0. The number of hydrogen-bond acceptors (Lipinski definition) is 3. The topological polar surface area (TPSA) is 55.2 Å². The normalized spacial score (nSPS) is 20.8. The fourth-order valence-corrected chi connectivity index (χ4v) is 3.32. The molecule has 1 aliphatic heterocycles. The highest BCUT2D eigenvalue weighted by molar-refractivity contribution is 6.08. The van der Waals surface area contributed by atoms with Gasteiger partial charge in [-0.15, -0.1) is 0 Å². The number of nitrogens with zero attached hydrogens (tertiary/aromatic N) is 3. The number of aromatic nitrogens is 2. The van der Waals surface area contributed by atoms with Crippen molar-refractivity contribution in [2.24, 2.45) is 0 Å². The fourth-order valence-electron chi connectivity index (χ4n) is 3.32. The van der Waals surface area contributed by atoms with Gasteiger partial charge in [-0.25, -0.2) is 4.98 Å². The van der Waals surface area contributed by atoms with Crippen molar-refractivity contribution in [3.63, 3.8) is 0 Å². The molecule has 132 valence electrons. The third kappa shape index (κ3) is 2.83. The summed E-state index contributed by atoms with van der Waals surface area (Å²) in [4.78, 5) is 30.4. The van der Waals surface area contributed by atoms with Crippen LogP contribution >= 0.6 is 0 Å². The van der Waals surface area contributed by atoms with E-state index in [2.05, 4.69) is 4.98 Å². The number of amides is 2. The second kappa shape index (κ2) is 6.38. The lowest BCUT2D eigenvalue weighted by atomic mass is 9.76. The quantitative estimate of drug-likeness (QED) is 0.781. The van der Waals surface area contributed by atoms with Gasteiger partial charge in [0.15, 0.2) is 0 Å². The lowest BCUT2D eigenvalue weighted by molar-refractivity contribution is -0.141. The van der Waals surface area contributed by atoms with Crippen LogP contribution in [-0.4, -0.2) is 26.3 Å². The third-order valence-electron chi connectivity index (χ3n) is 4.87. The summed E-state index contributed by atoms with van der Waals surface area (Å²) in [5, 5.41) is 0. The van der Waals surface area contributed by atoms with Crippen molar-refractivity contribution in [1.29, 1.82) is 0 Å². The number of alkyl halides is 2. The summed E-state index contributed by atoms with van der Waals surface area (Å²) in [6.45, 7) is 0.788. The highest BCUT2D eigenvalue weighted by Crippen LogP contribution is 2.40. The number of likely N-dealkylation sites (tertiary alicyclic amines) is 1. The highest BCUT2D eigenvalue weighted by Gasteiger charge is 2.51. The number of aryl methyl sites for hydroxylation is 1. The number of halogens is 2. The lowest BCUT2D eigenvalue weighted by Gasteiger charge is -2.26. The average molecular weight is 347 g/mol. The lowest BCUT2D eigenvalue weighted by Crippen LogP contribution is -2.38. The van der Waals surface area contributed by atoms with Gasteiger partial charge in [0, 0.05) is 18.8 Å². The molecule has 1 aromatic heterocycles. The second-order valence-electron chi connectivity index (χ2n) is 6.29. The highest BCUT2D eigenvalue weighted by atomic mass is 19.3. The van der Waals surface area contributed by atoms with Gasteiger partial charge in [-0.05, 0) is 18.9 Å². The van der Waals surface area contributed by atoms with Gasteiger partial charge in [-0.1, -0.05) is 36.8 Å². The van der Waals surface area contributed by atoms with Crippen molar-refractivity contribution in [1.82, 2.24) is 14.5 Å². The van der Waals surface area contributed by atoms with Crippen molar-refractivity contribution in [2.75, 3.05) is 0 Å². The molecule has 1 aromatic carbocycles. The molecule has 1 fully saturated rings. The molecule has 2 heterocycles. The summed E-state index contributed by atoms with van der Waals surface area (Å²) in [5.41, 5.74) is 0.897. The van der Waals surface area contributed by atoms with E-state index >= 15 is 0 Å². The molecule has 2 amide bonds. The van der Waals surface area contributed by atoms with E-state index in [1.54, 1.807) is 0 Å². The maximum absolute atomic E-state index is 13.0. The van der Waals surface area contributed by atoms with E-state index in [0.717, 1.165) is 22.2 Å². The fraction of sp³-hybridized carbons (Fsp3) is 0.389. The SMILES string of the molecule is CC[C@]1(c2ccc(C)cc2)CC(=O)N(Cc2nccn2C(F)F)C1=O. The third-order valence-corrected chi connectivity index (χ3v) is 4.87. The van der Waals surface area contributed by atoms with E-state index in [4.69, 9.17) is 0 Å². The van der Waals surface area contributed by atoms with E-state index in [9.17, 15) is 18.4 Å². The Hall–Kier alpha value is -2.57. The molecule has 1 saturated heterocycles. The smallest absolute Gasteiger partial charge is 0.276 e. The van der Waals surface area contributed by atoms with Crippen LogP contribution in [0.3, 0.4) is 0 Å². The standard InChI is InChI=1S/C18H19F2N3O2/c1-3-18(13-6-4-12(2)5-7-13)10-15(24)23(16(18)25)11-14-21-8-9-22(14)17(19)20/h4-9,17H,3,10-11H2,1-2H3/t18-/m1/s1. The molecule has 1 atom stereocenters. The molecular weight excluding hydrogens is 328 g/mol. The van der Waals surface area contributed by atoms with Gasteiger partial charge in [0.1, 0.15) is 5.82 Å². The summed E-state index contributed by atoms with van der Waals surface area (Å²) >= 11 is 0. The van der Waals surface area contributed by atoms with Crippen LogP contribution in [0, 0.1) is 6.92 Å². The van der Waals surface area contributed by atoms with E-state index in [-0.39, 0.29) is 30.6 Å². The van der Waals surface area contributed by atoms with E-state index < -0.39 is 12.0 Å². The minimum atomic E-state index is -2.77. The minimum Gasteiger partial charge on any atom is -0.276 e. The Morgan fingerprint density at radius 1 is 1.24 bits per heavy atom. The molecule has 25 heavy (non-hydrogen) atoms. The van der Waals surface area contributed by atoms with Gasteiger partial charge in [0.05, 0.1) is 12.0 Å². The van der Waals surface area contributed by atoms with Gasteiger partial charge in [-0.2, -0.15) is 8.78 Å². The van der Waals surface area contributed by atoms with Gasteiger partial charge in [0.25, 0.3) is 0 Å². The molecule has 7 heteroatoms. The molecule has 0 radical (unpaired) electrons. The van der Waals surface area contributed by atoms with Crippen LogP contribution < -0.4 is 0 Å². The minimum absolute atomic E-state index is 0.00694. The first-order valence-corrected chi connectivity index (χ1v) is 8.11. The van der Waals surface area contributed by atoms with Crippen molar-refractivity contribution in [2.45, 2.75) is 45.2 Å². The first-order chi connectivity index (χ1) is 11.9. The predicted molar refractivity (Wildman–Crippen MR) is 86.8 cm³/mol. The number of carbonyl (C=O) groups excluding carboxylic acids is 2. The van der Waals surface area contributed by atoms with E-state index in [1.165, 1.54) is 6.20 Å². The summed E-state index contributed by atoms with van der Waals surface area (Å²) in [7, 11) is 0. The van der Waals surface area contributed by atoms with Crippen LogP contribution in [0.2, 0.25) is 0 Å². The second-order valence-corrected chi connectivity index (χ2v) is 6.29. The Morgan fingerprint density at radius 3 is 2.52 bits per heavy atom. The molecule has 0 spiro atoms. The molecule has 0 unspecified atom stereocenters. The predicted octanol–water partition coefficient (Wildman–Crippen LogP) is 3.19. The zero-order valence-corrected chi connectivity index (χ0v) is 14.1. The number of hydrogen-bond donors (Lipinski definition) is 0. The first kappa shape index (κ1) is 17.3. The Kier molecular flexibility index (Phi) is 4.41. The molecule has 0 aliphatic carbocycles. The van der Waals surface area contributed by atoms with Gasteiger partial charge < -0.3 is 0 Å². The van der Waals surface area contributed by atoms with Gasteiger partial charge in [0.2, 0.25) is 11.8 Å². The van der Waals surface area contributed by atoms with E-state index in [1.807, 2.05) is 38.1 Å². The molecule has 1 aliphatic rings. The largest absolute Gasteiger partial charge is 0.319 e. The number of carbonyl (C=O) groups is 2. The van der Waals surface area contributed by atoms with Crippen molar-refractivity contribution in [3.8, 4) is 0 Å². The number of imidazole rings is 1. The maximum Gasteiger partial charge on any atom is 0.319 e. The van der Waals surface area contributed by atoms with Gasteiger partial charge in [-0.3, -0.25) is 19.1 Å². The van der Waals surface area contributed by atoms with Crippen LogP contribution in [0.5, 0.6) is 0 Å². The Balaban J connectivity index is 1.93. The molecular formula is C18H19F2N3O2. The van der Waals surface area contributed by atoms with Crippen LogP contribution in [0.15, 0.2) is 36.7 Å². The molecule has 5 nitrogen and oxygen atoms in total. The first-order valence-electron chi connectivity index (χ1n) is 8.11. The number of imide groups is 1. The molecule has 0 bridgehead atoms. The van der Waals surface area contributed by atoms with Crippen molar-refractivity contribution >= 4 is 11.8 Å². The van der Waals surface area contributed by atoms with Crippen molar-refractivity contribution in [3.05, 3.63) is 53.6 Å². The summed E-state index contributed by atoms with van der Waals surface area (Å²) in [6, 6.07) is 7.51. The zero-order chi connectivity index (χ0) is 18.2. The van der Waals surface area contributed by atoms with Gasteiger partial charge >= 0.3 is 6.55 Å². The summed E-state index contributed by atoms with van der Waals surface area (Å²) < 4.78 is 26.6. The van der Waals surface area contributed by atoms with Crippen LogP contribution in [-0.2, 0) is 21.5 Å². The molecule has 0 N–H and O–H groups in total. The molecule has 3 rings (SSSR count). The molecule has 0 saturated carbocycles. The van der Waals surface area contributed by atoms with Crippen LogP contribution in [0.1, 0.15) is 43.3 Å². The summed E-state index contributed by atoms with van der Waals surface area (Å²) in [5.74, 6) is -0.726. The zero-order valence-electron chi connectivity index (χ0n) is 14.1. The Bertz CT molecular complexity index is 801. The Morgan fingerprint density at radius 2 is 1.92 bits per heavy atom. The number of rotatable bonds is 5. The van der Waals surface area contributed by atoms with Crippen molar-refractivity contribution < 1.29 is 18.4 Å². The Labute approximate surface area is 144 Å². The summed E-state index contributed by atoms with van der Waals surface area (Å²) in [6.07, 6.45) is 2.87. The molecule has 2 aromatic rings. The van der Waals surface area contributed by atoms with Crippen LogP contribution in [0.25, 0.3) is 0 Å². The monoisotopic (exact) mass is 347 g/mol. The number of benzene rings is 1.